The second-order valence-corrected chi connectivity index (χ2v) is 3.83. The zero-order valence-electron chi connectivity index (χ0n) is 9.51. The van der Waals surface area contributed by atoms with Crippen molar-refractivity contribution in [2.24, 2.45) is 16.1 Å². The monoisotopic (exact) mass is 232 g/mol. The highest BCUT2D eigenvalue weighted by atomic mass is 16.1. The highest BCUT2D eigenvalue weighted by Crippen LogP contribution is 2.26. The van der Waals surface area contributed by atoms with Crippen molar-refractivity contribution in [3.63, 3.8) is 0 Å². The number of nitrogen functional groups attached to an aromatic ring is 1. The lowest BCUT2D eigenvalue weighted by atomic mass is 10.2. The summed E-state index contributed by atoms with van der Waals surface area (Å²) in [6.45, 7) is 3.50. The molecule has 2 heterocycles. The molecule has 17 heavy (non-hydrogen) atoms. The van der Waals surface area contributed by atoms with E-state index < -0.39 is 0 Å². The number of amides is 1. The summed E-state index contributed by atoms with van der Waals surface area (Å²) >= 11 is 0. The predicted molar refractivity (Wildman–Crippen MR) is 62.7 cm³/mol. The number of rotatable bonds is 2. The molecule has 0 saturated carbocycles. The van der Waals surface area contributed by atoms with Crippen molar-refractivity contribution in [1.29, 1.82) is 0 Å². The maximum atomic E-state index is 11.3. The Morgan fingerprint density at radius 2 is 2.00 bits per heavy atom. The fourth-order valence-corrected chi connectivity index (χ4v) is 1.24. The van der Waals surface area contributed by atoms with Crippen LogP contribution in [0.4, 0.5) is 11.6 Å². The van der Waals surface area contributed by atoms with E-state index in [1.165, 1.54) is 12.4 Å². The van der Waals surface area contributed by atoms with E-state index in [1.807, 2.05) is 0 Å². The van der Waals surface area contributed by atoms with Gasteiger partial charge in [-0.25, -0.2) is 9.97 Å². The van der Waals surface area contributed by atoms with E-state index in [0.717, 1.165) is 0 Å². The molecule has 0 bridgehead atoms. The van der Waals surface area contributed by atoms with Crippen LogP contribution < -0.4 is 5.73 Å². The lowest BCUT2D eigenvalue weighted by molar-refractivity contribution is -0.121. The number of aromatic amines is 1. The van der Waals surface area contributed by atoms with Crippen LogP contribution in [-0.2, 0) is 4.79 Å². The summed E-state index contributed by atoms with van der Waals surface area (Å²) in [5, 5.41) is 7.40. The molecule has 7 heteroatoms. The summed E-state index contributed by atoms with van der Waals surface area (Å²) in [7, 11) is 0. The smallest absolute Gasteiger partial charge is 0.267 e. The number of H-pyrrole nitrogens is 1. The summed E-state index contributed by atoms with van der Waals surface area (Å²) in [5.41, 5.74) is 6.73. The minimum absolute atomic E-state index is 0.191. The summed E-state index contributed by atoms with van der Waals surface area (Å²) in [6.07, 6.45) is 3.06. The van der Waals surface area contributed by atoms with Gasteiger partial charge >= 0.3 is 0 Å². The average Bonchev–Trinajstić information content (AvgIpc) is 2.64. The first-order valence-corrected chi connectivity index (χ1v) is 5.13. The van der Waals surface area contributed by atoms with Gasteiger partial charge in [0.05, 0.1) is 0 Å². The first-order valence-electron chi connectivity index (χ1n) is 5.13. The third-order valence-electron chi connectivity index (χ3n) is 2.17. The first kappa shape index (κ1) is 11.2. The van der Waals surface area contributed by atoms with Crippen molar-refractivity contribution in [2.75, 3.05) is 5.73 Å². The van der Waals surface area contributed by atoms with Crippen molar-refractivity contribution < 1.29 is 4.79 Å². The third-order valence-corrected chi connectivity index (χ3v) is 2.17. The molecular weight excluding hydrogens is 220 g/mol. The number of carbonyl (C=O) groups is 1. The molecule has 0 fully saturated rings. The van der Waals surface area contributed by atoms with Gasteiger partial charge in [0.25, 0.3) is 5.91 Å². The molecule has 2 aromatic heterocycles. The predicted octanol–water partition coefficient (Wildman–Crippen LogP) is 1.81. The molecule has 7 nitrogen and oxygen atoms in total. The first-order chi connectivity index (χ1) is 8.09. The van der Waals surface area contributed by atoms with E-state index in [9.17, 15) is 4.79 Å². The van der Waals surface area contributed by atoms with Crippen molar-refractivity contribution in [1.82, 2.24) is 15.0 Å². The molecule has 1 amide bonds. The quantitative estimate of drug-likeness (QED) is 0.769. The fraction of sp³-hybridized carbons (Fsp3) is 0.300. The van der Waals surface area contributed by atoms with Crippen LogP contribution in [0.15, 0.2) is 22.6 Å². The number of carbonyl (C=O) groups excluding carboxylic acids is 1. The van der Waals surface area contributed by atoms with Gasteiger partial charge in [-0.3, -0.25) is 4.79 Å². The molecule has 2 aromatic rings. The van der Waals surface area contributed by atoms with Crippen LogP contribution in [0.2, 0.25) is 0 Å². The van der Waals surface area contributed by atoms with Gasteiger partial charge in [-0.2, -0.15) is 0 Å². The van der Waals surface area contributed by atoms with E-state index in [4.69, 9.17) is 5.73 Å². The number of azo groups is 1. The molecule has 88 valence electrons. The zero-order chi connectivity index (χ0) is 12.4. The van der Waals surface area contributed by atoms with Crippen molar-refractivity contribution in [3.05, 3.63) is 12.4 Å². The second-order valence-electron chi connectivity index (χ2n) is 3.83. The van der Waals surface area contributed by atoms with Gasteiger partial charge in [-0.1, -0.05) is 13.8 Å². The Morgan fingerprint density at radius 1 is 1.35 bits per heavy atom. The maximum Gasteiger partial charge on any atom is 0.267 e. The maximum absolute atomic E-state index is 11.3. The minimum Gasteiger partial charge on any atom is -0.383 e. The normalized spacial score (nSPS) is 11.7. The van der Waals surface area contributed by atoms with E-state index in [2.05, 4.69) is 25.2 Å². The molecule has 0 aliphatic carbocycles. The number of anilines is 1. The molecule has 0 spiro atoms. The van der Waals surface area contributed by atoms with Crippen LogP contribution >= 0.6 is 0 Å². The van der Waals surface area contributed by atoms with Gasteiger partial charge in [0.2, 0.25) is 0 Å². The number of aromatic nitrogens is 3. The highest BCUT2D eigenvalue weighted by molar-refractivity contribution is 5.93. The third kappa shape index (κ3) is 2.12. The van der Waals surface area contributed by atoms with Crippen LogP contribution in [0.5, 0.6) is 0 Å². The average molecular weight is 232 g/mol. The molecule has 0 atom stereocenters. The number of hydrogen-bond acceptors (Lipinski definition) is 5. The Balaban J connectivity index is 2.40. The number of nitrogens with two attached hydrogens (primary N) is 1. The number of nitrogens with one attached hydrogen (secondary N) is 1. The Labute approximate surface area is 97.2 Å². The Bertz CT molecular complexity index is 585. The molecular formula is C10H12N6O. The van der Waals surface area contributed by atoms with Crippen LogP contribution in [0.25, 0.3) is 11.0 Å². The number of nitrogens with zero attached hydrogens (tertiary/aromatic N) is 4. The molecule has 2 rings (SSSR count). The Hall–Kier alpha value is -2.31. The van der Waals surface area contributed by atoms with Gasteiger partial charge in [0, 0.05) is 18.3 Å². The molecule has 0 radical (unpaired) electrons. The summed E-state index contributed by atoms with van der Waals surface area (Å²) < 4.78 is 0. The van der Waals surface area contributed by atoms with Gasteiger partial charge < -0.3 is 10.7 Å². The van der Waals surface area contributed by atoms with E-state index >= 15 is 0 Å². The number of fused-ring (bicyclic) bond motifs is 1. The van der Waals surface area contributed by atoms with E-state index in [0.29, 0.717) is 22.7 Å². The zero-order valence-corrected chi connectivity index (χ0v) is 9.51. The number of hydrogen-bond donors (Lipinski definition) is 2. The second kappa shape index (κ2) is 4.28. The van der Waals surface area contributed by atoms with Crippen LogP contribution in [-0.4, -0.2) is 20.9 Å². The van der Waals surface area contributed by atoms with Crippen LogP contribution in [0.3, 0.4) is 0 Å². The molecule has 0 aliphatic rings. The molecule has 0 aliphatic heterocycles. The van der Waals surface area contributed by atoms with E-state index in [-0.39, 0.29) is 11.8 Å². The van der Waals surface area contributed by atoms with Gasteiger partial charge in [0.1, 0.15) is 16.9 Å². The summed E-state index contributed by atoms with van der Waals surface area (Å²) in [5.74, 6) is 0.220. The van der Waals surface area contributed by atoms with Gasteiger partial charge in [-0.15, -0.1) is 10.2 Å². The van der Waals surface area contributed by atoms with Crippen molar-refractivity contribution in [2.45, 2.75) is 13.8 Å². The molecule has 3 N–H and O–H groups in total. The Kier molecular flexibility index (Phi) is 2.82. The topological polar surface area (TPSA) is 109 Å². The van der Waals surface area contributed by atoms with Crippen LogP contribution in [0, 0.1) is 5.92 Å². The Morgan fingerprint density at radius 3 is 2.65 bits per heavy atom. The lowest BCUT2D eigenvalue weighted by Gasteiger charge is -1.93. The lowest BCUT2D eigenvalue weighted by Crippen LogP contribution is -2.01. The standard InChI is InChI=1S/C10H12N6O/c1-5(2)10(17)16-15-9-7-6(8(11)14-9)12-3-4-13-7/h3-5,14H,11H2,1-2H3. The molecule has 0 saturated heterocycles. The van der Waals surface area contributed by atoms with Crippen LogP contribution in [0.1, 0.15) is 13.8 Å². The van der Waals surface area contributed by atoms with Crippen molar-refractivity contribution >= 4 is 28.6 Å². The van der Waals surface area contributed by atoms with Crippen molar-refractivity contribution in [3.8, 4) is 0 Å². The molecule has 0 unspecified atom stereocenters. The summed E-state index contributed by atoms with van der Waals surface area (Å²) in [4.78, 5) is 22.2. The fourth-order valence-electron chi connectivity index (χ4n) is 1.24. The SMILES string of the molecule is CC(C)C(=O)N=Nc1[nH]c(N)c2nccnc12. The molecule has 0 aromatic carbocycles. The summed E-state index contributed by atoms with van der Waals surface area (Å²) in [6, 6.07) is 0. The van der Waals surface area contributed by atoms with Gasteiger partial charge in [0.15, 0.2) is 5.82 Å². The largest absolute Gasteiger partial charge is 0.383 e. The highest BCUT2D eigenvalue weighted by Gasteiger charge is 2.11. The minimum atomic E-state index is -0.296. The van der Waals surface area contributed by atoms with Gasteiger partial charge in [-0.05, 0) is 0 Å². The van der Waals surface area contributed by atoms with E-state index in [1.54, 1.807) is 13.8 Å².